The first-order chi connectivity index (χ1) is 8.25. The van der Waals surface area contributed by atoms with Gasteiger partial charge in [0.1, 0.15) is 0 Å². The van der Waals surface area contributed by atoms with Gasteiger partial charge >= 0.3 is 0 Å². The molecule has 2 rings (SSSR count). The molecule has 1 amide bonds. The van der Waals surface area contributed by atoms with Crippen molar-refractivity contribution < 1.29 is 4.79 Å². The van der Waals surface area contributed by atoms with E-state index in [2.05, 4.69) is 17.4 Å². The molecule has 2 aromatic carbocycles. The lowest BCUT2D eigenvalue weighted by Gasteiger charge is -2.05. The maximum absolute atomic E-state index is 11.7. The number of nitrogens with one attached hydrogen (secondary N) is 1. The molecule has 0 aliphatic rings. The molecule has 2 aromatic rings. The van der Waals surface area contributed by atoms with Crippen LogP contribution >= 0.6 is 11.6 Å². The van der Waals surface area contributed by atoms with Gasteiger partial charge in [-0.25, -0.2) is 0 Å². The molecule has 0 saturated carbocycles. The fourth-order valence-corrected chi connectivity index (χ4v) is 1.50. The van der Waals surface area contributed by atoms with Gasteiger partial charge in [0.05, 0.1) is 0 Å². The van der Waals surface area contributed by atoms with Crippen molar-refractivity contribution in [3.05, 3.63) is 70.7 Å². The van der Waals surface area contributed by atoms with Crippen molar-refractivity contribution in [2.24, 2.45) is 0 Å². The van der Waals surface area contributed by atoms with E-state index < -0.39 is 0 Å². The van der Waals surface area contributed by atoms with E-state index in [1.165, 1.54) is 0 Å². The van der Waals surface area contributed by atoms with Crippen molar-refractivity contribution in [2.75, 3.05) is 0 Å². The Morgan fingerprint density at radius 1 is 1.18 bits per heavy atom. The SMILES string of the molecule is O=C(NCc1ccc(Cl)cc1)c1c[c][c]cc1. The highest BCUT2D eigenvalue weighted by Crippen LogP contribution is 2.09. The Morgan fingerprint density at radius 2 is 1.94 bits per heavy atom. The number of carbonyl (C=O) groups excluding carboxylic acids is 1. The minimum atomic E-state index is -0.120. The van der Waals surface area contributed by atoms with E-state index in [0.29, 0.717) is 17.1 Å². The largest absolute Gasteiger partial charge is 0.348 e. The van der Waals surface area contributed by atoms with Gasteiger partial charge in [-0.3, -0.25) is 4.79 Å². The molecule has 84 valence electrons. The third-order valence-corrected chi connectivity index (χ3v) is 2.54. The molecule has 0 unspecified atom stereocenters. The Morgan fingerprint density at radius 3 is 2.59 bits per heavy atom. The third-order valence-electron chi connectivity index (χ3n) is 2.29. The summed E-state index contributed by atoms with van der Waals surface area (Å²) >= 11 is 5.78. The number of rotatable bonds is 3. The van der Waals surface area contributed by atoms with Crippen molar-refractivity contribution in [1.29, 1.82) is 0 Å². The standard InChI is InChI=1S/C14H10ClNO/c15-13-8-6-11(7-9-13)10-16-14(17)12-4-2-1-3-5-12/h2,4-9H,10H2,(H,16,17). The van der Waals surface area contributed by atoms with Crippen molar-refractivity contribution in [3.8, 4) is 0 Å². The predicted molar refractivity (Wildman–Crippen MR) is 66.7 cm³/mol. The minimum absolute atomic E-state index is 0.120. The van der Waals surface area contributed by atoms with Crippen molar-refractivity contribution in [1.82, 2.24) is 5.32 Å². The van der Waals surface area contributed by atoms with Gasteiger partial charge in [-0.1, -0.05) is 29.8 Å². The number of amides is 1. The Kier molecular flexibility index (Phi) is 3.78. The Labute approximate surface area is 105 Å². The lowest BCUT2D eigenvalue weighted by molar-refractivity contribution is 0.0951. The lowest BCUT2D eigenvalue weighted by Crippen LogP contribution is -2.22. The van der Waals surface area contributed by atoms with Crippen LogP contribution in [0.15, 0.2) is 42.5 Å². The van der Waals surface area contributed by atoms with Gasteiger partial charge in [0, 0.05) is 17.1 Å². The molecule has 0 bridgehead atoms. The van der Waals surface area contributed by atoms with Crippen molar-refractivity contribution >= 4 is 17.5 Å². The molecule has 0 fully saturated rings. The summed E-state index contributed by atoms with van der Waals surface area (Å²) in [5, 5.41) is 3.51. The molecular formula is C14H10ClNO. The molecule has 0 saturated heterocycles. The van der Waals surface area contributed by atoms with E-state index in [9.17, 15) is 4.79 Å². The molecule has 0 aromatic heterocycles. The fraction of sp³-hybridized carbons (Fsp3) is 0.0714. The van der Waals surface area contributed by atoms with Crippen LogP contribution < -0.4 is 5.32 Å². The highest BCUT2D eigenvalue weighted by Gasteiger charge is 2.03. The molecule has 3 heteroatoms. The van der Waals surface area contributed by atoms with E-state index in [4.69, 9.17) is 11.6 Å². The number of hydrogen-bond acceptors (Lipinski definition) is 1. The van der Waals surface area contributed by atoms with E-state index in [0.717, 1.165) is 5.56 Å². The average molecular weight is 244 g/mol. The molecule has 0 aliphatic heterocycles. The predicted octanol–water partition coefficient (Wildman–Crippen LogP) is 2.87. The first-order valence-corrected chi connectivity index (χ1v) is 5.54. The lowest BCUT2D eigenvalue weighted by atomic mass is 10.2. The summed E-state index contributed by atoms with van der Waals surface area (Å²) in [5.74, 6) is -0.120. The molecule has 2 radical (unpaired) electrons. The molecule has 2 nitrogen and oxygen atoms in total. The van der Waals surface area contributed by atoms with Gasteiger partial charge < -0.3 is 5.32 Å². The highest BCUT2D eigenvalue weighted by molar-refractivity contribution is 6.30. The monoisotopic (exact) mass is 243 g/mol. The van der Waals surface area contributed by atoms with Crippen LogP contribution in [0, 0.1) is 12.1 Å². The first-order valence-electron chi connectivity index (χ1n) is 5.16. The van der Waals surface area contributed by atoms with Gasteiger partial charge in [0.15, 0.2) is 0 Å². The van der Waals surface area contributed by atoms with E-state index >= 15 is 0 Å². The third kappa shape index (κ3) is 3.33. The van der Waals surface area contributed by atoms with E-state index in [1.54, 1.807) is 30.3 Å². The Balaban J connectivity index is 1.95. The topological polar surface area (TPSA) is 29.1 Å². The number of carbonyl (C=O) groups is 1. The van der Waals surface area contributed by atoms with Crippen LogP contribution in [-0.2, 0) is 6.54 Å². The van der Waals surface area contributed by atoms with Crippen LogP contribution in [0.25, 0.3) is 0 Å². The van der Waals surface area contributed by atoms with Crippen LogP contribution in [0.4, 0.5) is 0 Å². The fourth-order valence-electron chi connectivity index (χ4n) is 1.37. The highest BCUT2D eigenvalue weighted by atomic mass is 35.5. The van der Waals surface area contributed by atoms with Crippen LogP contribution in [0.5, 0.6) is 0 Å². The summed E-state index contributed by atoms with van der Waals surface area (Å²) in [6, 6.07) is 17.8. The normalized spacial score (nSPS) is 9.94. The van der Waals surface area contributed by atoms with Crippen molar-refractivity contribution in [2.45, 2.75) is 6.54 Å². The first kappa shape index (κ1) is 11.7. The zero-order valence-corrected chi connectivity index (χ0v) is 9.79. The Hall–Kier alpha value is -1.80. The second-order valence-corrected chi connectivity index (χ2v) is 3.97. The average Bonchev–Trinajstić information content (AvgIpc) is 2.39. The van der Waals surface area contributed by atoms with Gasteiger partial charge in [-0.2, -0.15) is 0 Å². The summed E-state index contributed by atoms with van der Waals surface area (Å²) in [4.78, 5) is 11.7. The molecular weight excluding hydrogens is 234 g/mol. The second kappa shape index (κ2) is 5.51. The van der Waals surface area contributed by atoms with Crippen LogP contribution in [0.1, 0.15) is 15.9 Å². The molecule has 0 spiro atoms. The summed E-state index contributed by atoms with van der Waals surface area (Å²) < 4.78 is 0. The maximum atomic E-state index is 11.7. The van der Waals surface area contributed by atoms with Gasteiger partial charge in [-0.05, 0) is 42.0 Å². The number of halogens is 1. The zero-order chi connectivity index (χ0) is 12.1. The van der Waals surface area contributed by atoms with E-state index in [-0.39, 0.29) is 5.91 Å². The molecule has 1 N–H and O–H groups in total. The smallest absolute Gasteiger partial charge is 0.251 e. The van der Waals surface area contributed by atoms with Gasteiger partial charge in [0.25, 0.3) is 5.91 Å². The number of benzene rings is 2. The summed E-state index contributed by atoms with van der Waals surface area (Å²) in [7, 11) is 0. The minimum Gasteiger partial charge on any atom is -0.348 e. The van der Waals surface area contributed by atoms with Crippen LogP contribution in [0.3, 0.4) is 0 Å². The quantitative estimate of drug-likeness (QED) is 0.883. The van der Waals surface area contributed by atoms with Crippen LogP contribution in [-0.4, -0.2) is 5.91 Å². The summed E-state index contributed by atoms with van der Waals surface area (Å²) in [6.07, 6.45) is 0. The molecule has 0 heterocycles. The van der Waals surface area contributed by atoms with Gasteiger partial charge in [0.2, 0.25) is 0 Å². The number of hydrogen-bond donors (Lipinski definition) is 1. The van der Waals surface area contributed by atoms with E-state index in [1.807, 2.05) is 12.1 Å². The molecule has 17 heavy (non-hydrogen) atoms. The van der Waals surface area contributed by atoms with Crippen LogP contribution in [0.2, 0.25) is 5.02 Å². The molecule has 0 aliphatic carbocycles. The zero-order valence-electron chi connectivity index (χ0n) is 9.03. The summed E-state index contributed by atoms with van der Waals surface area (Å²) in [6.45, 7) is 0.481. The molecule has 0 atom stereocenters. The second-order valence-electron chi connectivity index (χ2n) is 3.53. The van der Waals surface area contributed by atoms with Gasteiger partial charge in [-0.15, -0.1) is 0 Å². The Bertz CT molecular complexity index is 493. The summed E-state index contributed by atoms with van der Waals surface area (Å²) in [5.41, 5.74) is 1.59. The van der Waals surface area contributed by atoms with Crippen molar-refractivity contribution in [3.63, 3.8) is 0 Å². The maximum Gasteiger partial charge on any atom is 0.251 e.